The predicted molar refractivity (Wildman–Crippen MR) is 101 cm³/mol. The summed E-state index contributed by atoms with van der Waals surface area (Å²) in [6, 6.07) is 0. The Hall–Kier alpha value is -0.790. The van der Waals surface area contributed by atoms with E-state index in [1.165, 1.54) is 51.4 Å². The molecule has 4 aliphatic carbocycles. The Balaban J connectivity index is 1.57. The van der Waals surface area contributed by atoms with Crippen LogP contribution in [0.25, 0.3) is 0 Å². The van der Waals surface area contributed by atoms with Crippen molar-refractivity contribution >= 4 is 5.97 Å². The summed E-state index contributed by atoms with van der Waals surface area (Å²) >= 11 is 0. The molecule has 1 unspecified atom stereocenters. The largest absolute Gasteiger partial charge is 0.481 e. The molecule has 0 bridgehead atoms. The van der Waals surface area contributed by atoms with Crippen molar-refractivity contribution in [3.63, 3.8) is 0 Å². The molecule has 4 aliphatic rings. The second-order valence-corrected chi connectivity index (χ2v) is 10.4. The van der Waals surface area contributed by atoms with Crippen LogP contribution in [0.3, 0.4) is 0 Å². The van der Waals surface area contributed by atoms with Crippen LogP contribution < -0.4 is 0 Å². The normalized spacial score (nSPS) is 49.8. The van der Waals surface area contributed by atoms with E-state index in [4.69, 9.17) is 0 Å². The molecule has 2 nitrogen and oxygen atoms in total. The van der Waals surface area contributed by atoms with E-state index in [2.05, 4.69) is 32.9 Å². The first-order chi connectivity index (χ1) is 11.9. The molecule has 0 aliphatic heterocycles. The first-order valence-corrected chi connectivity index (χ1v) is 10.7. The van der Waals surface area contributed by atoms with Gasteiger partial charge in [-0.15, -0.1) is 0 Å². The maximum Gasteiger partial charge on any atom is 0.303 e. The molecule has 25 heavy (non-hydrogen) atoms. The summed E-state index contributed by atoms with van der Waals surface area (Å²) in [4.78, 5) is 11.3. The first kappa shape index (κ1) is 17.6. The van der Waals surface area contributed by atoms with Crippen LogP contribution in [0.5, 0.6) is 0 Å². The lowest BCUT2D eigenvalue weighted by atomic mass is 9.45. The molecule has 0 radical (unpaired) electrons. The first-order valence-electron chi connectivity index (χ1n) is 10.7. The highest BCUT2D eigenvalue weighted by Gasteiger charge is 2.59. The van der Waals surface area contributed by atoms with E-state index in [1.54, 1.807) is 0 Å². The monoisotopic (exact) mass is 344 g/mol. The van der Waals surface area contributed by atoms with Crippen LogP contribution in [0.15, 0.2) is 12.2 Å². The highest BCUT2D eigenvalue weighted by atomic mass is 16.4. The Morgan fingerprint density at radius 1 is 1.08 bits per heavy atom. The maximum absolute atomic E-state index is 11.3. The number of hydrogen-bond acceptors (Lipinski definition) is 1. The summed E-state index contributed by atoms with van der Waals surface area (Å²) in [5, 5.41) is 9.27. The van der Waals surface area contributed by atoms with Crippen molar-refractivity contribution in [1.82, 2.24) is 0 Å². The van der Waals surface area contributed by atoms with Crippen molar-refractivity contribution in [2.75, 3.05) is 0 Å². The van der Waals surface area contributed by atoms with Crippen molar-refractivity contribution in [1.29, 1.82) is 0 Å². The minimum atomic E-state index is -0.616. The lowest BCUT2D eigenvalue weighted by Gasteiger charge is -2.60. The minimum Gasteiger partial charge on any atom is -0.481 e. The van der Waals surface area contributed by atoms with Crippen LogP contribution in [-0.2, 0) is 4.79 Å². The van der Waals surface area contributed by atoms with Gasteiger partial charge >= 0.3 is 5.97 Å². The summed E-state index contributed by atoms with van der Waals surface area (Å²) in [6.07, 6.45) is 16.0. The molecule has 140 valence electrons. The Kier molecular flexibility index (Phi) is 4.32. The van der Waals surface area contributed by atoms with Gasteiger partial charge in [0.25, 0.3) is 0 Å². The molecule has 3 fully saturated rings. The van der Waals surface area contributed by atoms with Gasteiger partial charge in [0.2, 0.25) is 0 Å². The van der Waals surface area contributed by atoms with E-state index >= 15 is 0 Å². The van der Waals surface area contributed by atoms with E-state index in [1.807, 2.05) is 0 Å². The molecule has 1 N–H and O–H groups in total. The molecular weight excluding hydrogens is 308 g/mol. The Morgan fingerprint density at radius 3 is 2.60 bits per heavy atom. The highest BCUT2D eigenvalue weighted by molar-refractivity contribution is 5.67. The van der Waals surface area contributed by atoms with E-state index in [0.717, 1.165) is 23.7 Å². The SMILES string of the molecule is C[C@H](CC(=O)O)[C@H]1CC[C@H]2[C@@H]3CCC4CC=CC[C@]4(C)[C@H]3CC[C@]12C. The number of allylic oxidation sites excluding steroid dienone is 2. The number of carboxylic acid groups (broad SMARTS) is 1. The Bertz CT molecular complexity index is 566. The molecule has 0 spiro atoms. The molecule has 0 amide bonds. The van der Waals surface area contributed by atoms with Gasteiger partial charge in [-0.1, -0.05) is 32.9 Å². The molecule has 0 aromatic rings. The Labute approximate surface area is 153 Å². The number of carboxylic acids is 1. The zero-order chi connectivity index (χ0) is 17.8. The molecule has 0 heterocycles. The van der Waals surface area contributed by atoms with Crippen LogP contribution in [0.4, 0.5) is 0 Å². The standard InChI is InChI=1S/C23H36O2/c1-15(14-21(24)25)18-9-10-19-17-8-7-16-6-4-5-12-22(16,2)20(17)11-13-23(18,19)3/h4-5,15-20H,6-14H2,1-3H3,(H,24,25)/t15-,16?,17+,18-,19+,20+,22+,23-/m1/s1. The van der Waals surface area contributed by atoms with Crippen LogP contribution >= 0.6 is 0 Å². The molecule has 8 atom stereocenters. The summed E-state index contributed by atoms with van der Waals surface area (Å²) in [5.74, 6) is 3.88. The summed E-state index contributed by atoms with van der Waals surface area (Å²) < 4.78 is 0. The van der Waals surface area contributed by atoms with Gasteiger partial charge in [0.15, 0.2) is 0 Å². The summed E-state index contributed by atoms with van der Waals surface area (Å²) in [6.45, 7) is 7.32. The van der Waals surface area contributed by atoms with E-state index in [0.29, 0.717) is 29.1 Å². The summed E-state index contributed by atoms with van der Waals surface area (Å²) in [5.41, 5.74) is 0.924. The third-order valence-corrected chi connectivity index (χ3v) is 9.47. The van der Waals surface area contributed by atoms with Crippen molar-refractivity contribution in [3.05, 3.63) is 12.2 Å². The molecule has 0 aromatic heterocycles. The van der Waals surface area contributed by atoms with Crippen molar-refractivity contribution in [3.8, 4) is 0 Å². The number of carbonyl (C=O) groups is 1. The van der Waals surface area contributed by atoms with Crippen molar-refractivity contribution < 1.29 is 9.90 Å². The van der Waals surface area contributed by atoms with Crippen molar-refractivity contribution in [2.45, 2.75) is 78.6 Å². The van der Waals surface area contributed by atoms with Gasteiger partial charge in [0.05, 0.1) is 0 Å². The lowest BCUT2D eigenvalue weighted by Crippen LogP contribution is -2.52. The lowest BCUT2D eigenvalue weighted by molar-refractivity contribution is -0.139. The smallest absolute Gasteiger partial charge is 0.303 e. The van der Waals surface area contributed by atoms with Gasteiger partial charge in [0.1, 0.15) is 0 Å². The van der Waals surface area contributed by atoms with Gasteiger partial charge in [-0.3, -0.25) is 4.79 Å². The van der Waals surface area contributed by atoms with Gasteiger partial charge in [-0.25, -0.2) is 0 Å². The fourth-order valence-electron chi connectivity index (χ4n) is 8.23. The predicted octanol–water partition coefficient (Wildman–Crippen LogP) is 5.92. The van der Waals surface area contributed by atoms with E-state index in [9.17, 15) is 9.90 Å². The third-order valence-electron chi connectivity index (χ3n) is 9.47. The molecule has 0 saturated heterocycles. The second-order valence-electron chi connectivity index (χ2n) is 10.4. The molecule has 4 rings (SSSR count). The number of rotatable bonds is 3. The number of aliphatic carboxylic acids is 1. The van der Waals surface area contributed by atoms with Gasteiger partial charge < -0.3 is 5.11 Å². The van der Waals surface area contributed by atoms with Crippen molar-refractivity contribution in [2.24, 2.45) is 46.3 Å². The zero-order valence-corrected chi connectivity index (χ0v) is 16.3. The topological polar surface area (TPSA) is 37.3 Å². The molecule has 3 saturated carbocycles. The average Bonchev–Trinajstić information content (AvgIpc) is 2.91. The zero-order valence-electron chi connectivity index (χ0n) is 16.3. The summed E-state index contributed by atoms with van der Waals surface area (Å²) in [7, 11) is 0. The fourth-order valence-corrected chi connectivity index (χ4v) is 8.23. The minimum absolute atomic E-state index is 0.327. The quantitative estimate of drug-likeness (QED) is 0.645. The number of fused-ring (bicyclic) bond motifs is 5. The van der Waals surface area contributed by atoms with Crippen LogP contribution in [0.1, 0.15) is 78.6 Å². The Morgan fingerprint density at radius 2 is 1.84 bits per heavy atom. The maximum atomic E-state index is 11.3. The molecular formula is C23H36O2. The van der Waals surface area contributed by atoms with Gasteiger partial charge in [-0.2, -0.15) is 0 Å². The molecule has 2 heteroatoms. The van der Waals surface area contributed by atoms with Crippen LogP contribution in [0.2, 0.25) is 0 Å². The fraction of sp³-hybridized carbons (Fsp3) is 0.870. The van der Waals surface area contributed by atoms with Crippen LogP contribution in [0, 0.1) is 46.3 Å². The molecule has 0 aromatic carbocycles. The van der Waals surface area contributed by atoms with Crippen LogP contribution in [-0.4, -0.2) is 11.1 Å². The van der Waals surface area contributed by atoms with E-state index < -0.39 is 5.97 Å². The third kappa shape index (κ3) is 2.61. The number of hydrogen-bond donors (Lipinski definition) is 1. The van der Waals surface area contributed by atoms with Gasteiger partial charge in [0, 0.05) is 6.42 Å². The average molecular weight is 345 g/mol. The van der Waals surface area contributed by atoms with E-state index in [-0.39, 0.29) is 0 Å². The highest BCUT2D eigenvalue weighted by Crippen LogP contribution is 2.67. The second kappa shape index (κ2) is 6.13. The van der Waals surface area contributed by atoms with Gasteiger partial charge in [-0.05, 0) is 97.7 Å².